The molecule has 1 heterocycles. The van der Waals surface area contributed by atoms with Crippen LogP contribution in [0.1, 0.15) is 23.7 Å². The van der Waals surface area contributed by atoms with Gasteiger partial charge < -0.3 is 15.4 Å². The van der Waals surface area contributed by atoms with E-state index in [1.165, 1.54) is 4.90 Å². The SMILES string of the molecule is C[C@@H](Oc1ccc(S(C)(=O)=O)cc1C(=O)N1CC2CC2(C(=N)N)C1)C(F)(F)F. The van der Waals surface area contributed by atoms with Gasteiger partial charge in [-0.2, -0.15) is 13.2 Å². The number of likely N-dealkylation sites (tertiary alicyclic amines) is 1. The van der Waals surface area contributed by atoms with Crippen LogP contribution in [0.4, 0.5) is 13.2 Å². The second kappa shape index (κ2) is 6.36. The van der Waals surface area contributed by atoms with Crippen LogP contribution in [0.2, 0.25) is 0 Å². The Morgan fingerprint density at radius 2 is 2.07 bits per heavy atom. The van der Waals surface area contributed by atoms with Gasteiger partial charge in [0.1, 0.15) is 5.75 Å². The first kappa shape index (κ1) is 20.4. The van der Waals surface area contributed by atoms with Crippen molar-refractivity contribution in [1.29, 1.82) is 5.41 Å². The molecule has 1 saturated carbocycles. The number of piperidine rings is 1. The Bertz CT molecular complexity index is 947. The van der Waals surface area contributed by atoms with E-state index in [0.29, 0.717) is 13.0 Å². The van der Waals surface area contributed by atoms with Crippen molar-refractivity contribution in [3.63, 3.8) is 0 Å². The molecule has 2 aliphatic rings. The van der Waals surface area contributed by atoms with Crippen molar-refractivity contribution < 1.29 is 31.1 Å². The molecule has 1 aliphatic heterocycles. The summed E-state index contributed by atoms with van der Waals surface area (Å²) >= 11 is 0. The maximum Gasteiger partial charge on any atom is 0.425 e. The monoisotopic (exact) mass is 419 g/mol. The number of amides is 1. The minimum absolute atomic E-state index is 0.0279. The summed E-state index contributed by atoms with van der Waals surface area (Å²) in [6.07, 6.45) is -5.21. The number of halogens is 3. The van der Waals surface area contributed by atoms with Crippen LogP contribution in [0.3, 0.4) is 0 Å². The number of amidine groups is 1. The van der Waals surface area contributed by atoms with Crippen LogP contribution >= 0.6 is 0 Å². The molecule has 1 aliphatic carbocycles. The van der Waals surface area contributed by atoms with E-state index in [-0.39, 0.29) is 34.5 Å². The van der Waals surface area contributed by atoms with Crippen LogP contribution in [0.25, 0.3) is 0 Å². The van der Waals surface area contributed by atoms with Gasteiger partial charge in [-0.3, -0.25) is 10.2 Å². The molecule has 1 aromatic rings. The Balaban J connectivity index is 1.95. The number of nitrogens with two attached hydrogens (primary N) is 1. The zero-order chi connectivity index (χ0) is 21.1. The van der Waals surface area contributed by atoms with Gasteiger partial charge in [-0.25, -0.2) is 8.42 Å². The average molecular weight is 419 g/mol. The Kier molecular flexibility index (Phi) is 4.64. The van der Waals surface area contributed by atoms with Gasteiger partial charge in [0.25, 0.3) is 5.91 Å². The molecular weight excluding hydrogens is 399 g/mol. The van der Waals surface area contributed by atoms with E-state index in [1.807, 2.05) is 0 Å². The highest BCUT2D eigenvalue weighted by atomic mass is 32.2. The second-order valence-corrected chi connectivity index (χ2v) is 9.40. The number of benzene rings is 1. The van der Waals surface area contributed by atoms with E-state index in [1.54, 1.807) is 0 Å². The average Bonchev–Trinajstić information content (AvgIpc) is 3.14. The van der Waals surface area contributed by atoms with Gasteiger partial charge in [0.15, 0.2) is 15.9 Å². The lowest BCUT2D eigenvalue weighted by molar-refractivity contribution is -0.189. The highest BCUT2D eigenvalue weighted by molar-refractivity contribution is 7.90. The number of nitrogens with one attached hydrogen (secondary N) is 1. The van der Waals surface area contributed by atoms with Crippen molar-refractivity contribution in [2.45, 2.75) is 30.5 Å². The lowest BCUT2D eigenvalue weighted by atomic mass is 10.1. The van der Waals surface area contributed by atoms with E-state index in [0.717, 1.165) is 31.4 Å². The molecule has 1 amide bonds. The van der Waals surface area contributed by atoms with Crippen molar-refractivity contribution in [3.8, 4) is 5.75 Å². The van der Waals surface area contributed by atoms with Crippen molar-refractivity contribution >= 4 is 21.6 Å². The maximum absolute atomic E-state index is 13.0. The molecule has 3 N–H and O–H groups in total. The quantitative estimate of drug-likeness (QED) is 0.558. The maximum atomic E-state index is 13.0. The second-order valence-electron chi connectivity index (χ2n) is 7.39. The molecule has 0 radical (unpaired) electrons. The van der Waals surface area contributed by atoms with Gasteiger partial charge in [0, 0.05) is 24.8 Å². The fourth-order valence-corrected chi connectivity index (χ4v) is 4.14. The van der Waals surface area contributed by atoms with Gasteiger partial charge in [0.05, 0.1) is 16.3 Å². The summed E-state index contributed by atoms with van der Waals surface area (Å²) < 4.78 is 67.2. The minimum Gasteiger partial charge on any atom is -0.480 e. The molecule has 28 heavy (non-hydrogen) atoms. The molecule has 0 spiro atoms. The first-order chi connectivity index (χ1) is 12.8. The molecule has 0 aromatic heterocycles. The molecule has 7 nitrogen and oxygen atoms in total. The highest BCUT2D eigenvalue weighted by Crippen LogP contribution is 2.57. The van der Waals surface area contributed by atoms with Crippen LogP contribution in [0.5, 0.6) is 5.75 Å². The number of alkyl halides is 3. The molecule has 154 valence electrons. The summed E-state index contributed by atoms with van der Waals surface area (Å²) in [7, 11) is -3.69. The van der Waals surface area contributed by atoms with Gasteiger partial charge >= 0.3 is 6.18 Å². The summed E-state index contributed by atoms with van der Waals surface area (Å²) in [5.74, 6) is -0.993. The molecule has 1 aromatic carbocycles. The molecule has 0 bridgehead atoms. The Hall–Kier alpha value is -2.30. The first-order valence-electron chi connectivity index (χ1n) is 8.47. The smallest absolute Gasteiger partial charge is 0.425 e. The number of rotatable bonds is 5. The Morgan fingerprint density at radius 1 is 1.43 bits per heavy atom. The summed E-state index contributed by atoms with van der Waals surface area (Å²) in [5, 5.41) is 7.70. The van der Waals surface area contributed by atoms with Gasteiger partial charge in [-0.05, 0) is 37.5 Å². The van der Waals surface area contributed by atoms with E-state index in [4.69, 9.17) is 15.9 Å². The third-order valence-corrected chi connectivity index (χ3v) is 6.45. The number of hydrogen-bond acceptors (Lipinski definition) is 5. The van der Waals surface area contributed by atoms with Crippen molar-refractivity contribution in [1.82, 2.24) is 4.90 Å². The summed E-state index contributed by atoms with van der Waals surface area (Å²) in [6, 6.07) is 3.19. The fourth-order valence-electron chi connectivity index (χ4n) is 3.49. The van der Waals surface area contributed by atoms with Gasteiger partial charge in [-0.1, -0.05) is 0 Å². The van der Waals surface area contributed by atoms with Crippen LogP contribution in [0.15, 0.2) is 23.1 Å². The largest absolute Gasteiger partial charge is 0.480 e. The van der Waals surface area contributed by atoms with Crippen LogP contribution in [-0.4, -0.2) is 56.7 Å². The van der Waals surface area contributed by atoms with E-state index in [9.17, 15) is 26.4 Å². The summed E-state index contributed by atoms with van der Waals surface area (Å²) in [5.41, 5.74) is 4.77. The zero-order valence-electron chi connectivity index (χ0n) is 15.2. The minimum atomic E-state index is -4.65. The number of sulfone groups is 1. The number of hydrogen-bond donors (Lipinski definition) is 2. The number of carbonyl (C=O) groups excluding carboxylic acids is 1. The van der Waals surface area contributed by atoms with E-state index < -0.39 is 33.4 Å². The number of nitrogens with zero attached hydrogens (tertiary/aromatic N) is 1. The van der Waals surface area contributed by atoms with Crippen molar-refractivity contribution in [2.24, 2.45) is 17.1 Å². The zero-order valence-corrected chi connectivity index (χ0v) is 16.0. The molecular formula is C17H20F3N3O4S. The Morgan fingerprint density at radius 3 is 2.57 bits per heavy atom. The predicted molar refractivity (Wildman–Crippen MR) is 94.1 cm³/mol. The highest BCUT2D eigenvalue weighted by Gasteiger charge is 2.63. The molecule has 1 saturated heterocycles. The van der Waals surface area contributed by atoms with Crippen LogP contribution in [-0.2, 0) is 9.84 Å². The van der Waals surface area contributed by atoms with Gasteiger partial charge in [0.2, 0.25) is 0 Å². The van der Waals surface area contributed by atoms with E-state index >= 15 is 0 Å². The fraction of sp³-hybridized carbons (Fsp3) is 0.529. The van der Waals surface area contributed by atoms with Crippen LogP contribution in [0, 0.1) is 16.7 Å². The summed E-state index contributed by atoms with van der Waals surface area (Å²) in [6.45, 7) is 1.27. The summed E-state index contributed by atoms with van der Waals surface area (Å²) in [4.78, 5) is 14.1. The van der Waals surface area contributed by atoms with Crippen molar-refractivity contribution in [3.05, 3.63) is 23.8 Å². The number of ether oxygens (including phenoxy) is 1. The first-order valence-corrected chi connectivity index (χ1v) is 10.4. The predicted octanol–water partition coefficient (Wildman–Crippen LogP) is 1.82. The normalized spacial score (nSPS) is 25.2. The van der Waals surface area contributed by atoms with Crippen LogP contribution < -0.4 is 10.5 Å². The molecule has 2 unspecified atom stereocenters. The molecule has 2 fully saturated rings. The van der Waals surface area contributed by atoms with E-state index in [2.05, 4.69) is 0 Å². The lowest BCUT2D eigenvalue weighted by Gasteiger charge is -2.24. The standard InChI is InChI=1S/C17H20F3N3O4S/c1-9(17(18,19)20)27-13-4-3-11(28(2,25)26)5-12(13)14(24)23-7-10-6-16(10,8-23)15(21)22/h3-5,9-10H,6-8H2,1-2H3,(H3,21,22)/t9-,10?,16?/m1/s1. The van der Waals surface area contributed by atoms with Gasteiger partial charge in [-0.15, -0.1) is 0 Å². The molecule has 3 atom stereocenters. The van der Waals surface area contributed by atoms with Crippen molar-refractivity contribution in [2.75, 3.05) is 19.3 Å². The Labute approximate surface area is 160 Å². The molecule has 11 heteroatoms. The number of fused-ring (bicyclic) bond motifs is 1. The number of carbonyl (C=O) groups is 1. The topological polar surface area (TPSA) is 114 Å². The lowest BCUT2D eigenvalue weighted by Crippen LogP contribution is -2.37. The third-order valence-electron chi connectivity index (χ3n) is 5.34. The molecule has 3 rings (SSSR count). The third kappa shape index (κ3) is 3.54.